The number of hydrogen-bond donors (Lipinski definition) is 2. The zero-order valence-electron chi connectivity index (χ0n) is 17.5. The van der Waals surface area contributed by atoms with Gasteiger partial charge in [-0.25, -0.2) is 4.79 Å². The predicted octanol–water partition coefficient (Wildman–Crippen LogP) is 3.60. The number of methoxy groups -OCH3 is 1. The molecule has 0 aliphatic rings. The molecule has 30 heavy (non-hydrogen) atoms. The number of nitrogens with zero attached hydrogens (tertiary/aromatic N) is 3. The van der Waals surface area contributed by atoms with Crippen LogP contribution in [0.4, 0.5) is 4.79 Å². The number of ether oxygens (including phenoxy) is 1. The van der Waals surface area contributed by atoms with Crippen molar-refractivity contribution < 1.29 is 14.3 Å². The van der Waals surface area contributed by atoms with Crippen LogP contribution in [-0.4, -0.2) is 52.7 Å². The van der Waals surface area contributed by atoms with Gasteiger partial charge in [-0.1, -0.05) is 49.3 Å². The molecule has 0 saturated carbocycles. The number of carbonyl (C=O) groups excluding carboxylic acids is 2. The Kier molecular flexibility index (Phi) is 10.1. The van der Waals surface area contributed by atoms with E-state index in [2.05, 4.69) is 34.7 Å². The third kappa shape index (κ3) is 7.62. The number of halogens is 1. The largest absolute Gasteiger partial charge is 0.385 e. The van der Waals surface area contributed by atoms with Crippen LogP contribution in [0.15, 0.2) is 29.4 Å². The molecule has 1 aromatic heterocycles. The van der Waals surface area contributed by atoms with Crippen LogP contribution in [0.25, 0.3) is 11.4 Å². The second-order valence-corrected chi connectivity index (χ2v) is 8.41. The number of carbonyl (C=O) groups is 2. The van der Waals surface area contributed by atoms with Crippen LogP contribution in [0.1, 0.15) is 26.7 Å². The van der Waals surface area contributed by atoms with Gasteiger partial charge in [-0.05, 0) is 30.9 Å². The second-order valence-electron chi connectivity index (χ2n) is 7.06. The molecule has 0 radical (unpaired) electrons. The smallest absolute Gasteiger partial charge is 0.321 e. The highest BCUT2D eigenvalue weighted by molar-refractivity contribution is 7.99. The highest BCUT2D eigenvalue weighted by Gasteiger charge is 2.18. The lowest BCUT2D eigenvalue weighted by atomic mass is 10.1. The van der Waals surface area contributed by atoms with Crippen LogP contribution in [0.3, 0.4) is 0 Å². The first-order valence-corrected chi connectivity index (χ1v) is 11.2. The maximum Gasteiger partial charge on any atom is 0.321 e. The molecule has 10 heteroatoms. The molecular weight excluding hydrogens is 426 g/mol. The first-order valence-electron chi connectivity index (χ1n) is 9.80. The Hall–Kier alpha value is -2.10. The summed E-state index contributed by atoms with van der Waals surface area (Å²) in [4.78, 5) is 23.9. The van der Waals surface area contributed by atoms with Crippen molar-refractivity contribution in [3.05, 3.63) is 29.3 Å². The number of aromatic nitrogens is 3. The van der Waals surface area contributed by atoms with E-state index < -0.39 is 11.9 Å². The van der Waals surface area contributed by atoms with E-state index in [0.717, 1.165) is 18.4 Å². The van der Waals surface area contributed by atoms with E-state index in [4.69, 9.17) is 16.3 Å². The Morgan fingerprint density at radius 1 is 1.27 bits per heavy atom. The molecule has 0 bridgehead atoms. The van der Waals surface area contributed by atoms with Gasteiger partial charge in [0.1, 0.15) is 0 Å². The highest BCUT2D eigenvalue weighted by atomic mass is 35.5. The van der Waals surface area contributed by atoms with Gasteiger partial charge in [0.15, 0.2) is 11.0 Å². The minimum absolute atomic E-state index is 0.0442. The Labute approximate surface area is 186 Å². The molecule has 2 aromatic rings. The number of rotatable bonds is 11. The molecule has 0 aliphatic heterocycles. The summed E-state index contributed by atoms with van der Waals surface area (Å²) in [6.45, 7) is 5.86. The van der Waals surface area contributed by atoms with Gasteiger partial charge < -0.3 is 14.6 Å². The first kappa shape index (κ1) is 24.2. The fourth-order valence-electron chi connectivity index (χ4n) is 2.62. The molecule has 1 aromatic carbocycles. The Bertz CT molecular complexity index is 844. The molecular formula is C20H28ClN5O3S. The number of amides is 3. The lowest BCUT2D eigenvalue weighted by Crippen LogP contribution is -2.40. The van der Waals surface area contributed by atoms with Gasteiger partial charge in [-0.2, -0.15) is 0 Å². The van der Waals surface area contributed by atoms with Crippen molar-refractivity contribution in [1.82, 2.24) is 25.4 Å². The predicted molar refractivity (Wildman–Crippen MR) is 119 cm³/mol. The van der Waals surface area contributed by atoms with Crippen molar-refractivity contribution in [2.45, 2.75) is 38.4 Å². The van der Waals surface area contributed by atoms with Crippen molar-refractivity contribution in [2.24, 2.45) is 5.92 Å². The van der Waals surface area contributed by atoms with Crippen molar-refractivity contribution in [3.8, 4) is 11.4 Å². The molecule has 0 aliphatic carbocycles. The molecule has 2 N–H and O–H groups in total. The number of thioether (sulfide) groups is 1. The lowest BCUT2D eigenvalue weighted by Gasteiger charge is -2.11. The molecule has 164 valence electrons. The average Bonchev–Trinajstić information content (AvgIpc) is 3.09. The molecule has 0 fully saturated rings. The van der Waals surface area contributed by atoms with Crippen LogP contribution in [0.2, 0.25) is 5.02 Å². The molecule has 0 atom stereocenters. The summed E-state index contributed by atoms with van der Waals surface area (Å²) in [7, 11) is 1.65. The maximum absolute atomic E-state index is 12.1. The molecule has 0 saturated heterocycles. The van der Waals surface area contributed by atoms with Crippen molar-refractivity contribution in [2.75, 3.05) is 26.0 Å². The summed E-state index contributed by atoms with van der Waals surface area (Å²) < 4.78 is 7.06. The van der Waals surface area contributed by atoms with Crippen LogP contribution < -0.4 is 10.6 Å². The van der Waals surface area contributed by atoms with Crippen LogP contribution in [-0.2, 0) is 16.1 Å². The monoisotopic (exact) mass is 453 g/mol. The standard InChI is InChI=1S/C20H28ClN5O3S/c1-14(2)9-10-22-19(28)23-17(27)13-30-20-25-24-18(26(20)11-6-12-29-3)15-7-4-5-8-16(15)21/h4-5,7-8,14H,6,9-13H2,1-3H3,(H2,22,23,27,28). The maximum atomic E-state index is 12.1. The Morgan fingerprint density at radius 3 is 2.73 bits per heavy atom. The van der Waals surface area contributed by atoms with Gasteiger partial charge in [0.05, 0.1) is 10.8 Å². The summed E-state index contributed by atoms with van der Waals surface area (Å²) in [6, 6.07) is 6.92. The summed E-state index contributed by atoms with van der Waals surface area (Å²) in [5.41, 5.74) is 0.768. The zero-order chi connectivity index (χ0) is 21.9. The van der Waals surface area contributed by atoms with E-state index >= 15 is 0 Å². The van der Waals surface area contributed by atoms with Crippen molar-refractivity contribution >= 4 is 35.3 Å². The van der Waals surface area contributed by atoms with Crippen LogP contribution in [0, 0.1) is 5.92 Å². The highest BCUT2D eigenvalue weighted by Crippen LogP contribution is 2.29. The average molecular weight is 454 g/mol. The Morgan fingerprint density at radius 2 is 2.03 bits per heavy atom. The molecule has 0 spiro atoms. The fourth-order valence-corrected chi connectivity index (χ4v) is 3.60. The number of urea groups is 1. The summed E-state index contributed by atoms with van der Waals surface area (Å²) in [6.07, 6.45) is 1.61. The van der Waals surface area contributed by atoms with E-state index in [-0.39, 0.29) is 5.75 Å². The van der Waals surface area contributed by atoms with Crippen LogP contribution in [0.5, 0.6) is 0 Å². The van der Waals surface area contributed by atoms with Gasteiger partial charge in [0, 0.05) is 32.4 Å². The van der Waals surface area contributed by atoms with E-state index in [1.54, 1.807) is 13.2 Å². The van der Waals surface area contributed by atoms with E-state index in [9.17, 15) is 9.59 Å². The quantitative estimate of drug-likeness (QED) is 0.398. The second kappa shape index (κ2) is 12.6. The SMILES string of the molecule is COCCCn1c(SCC(=O)NC(=O)NCCC(C)C)nnc1-c1ccccc1Cl. The number of hydrogen-bond acceptors (Lipinski definition) is 6. The molecule has 1 heterocycles. The van der Waals surface area contributed by atoms with Gasteiger partial charge in [0.2, 0.25) is 5.91 Å². The minimum Gasteiger partial charge on any atom is -0.385 e. The lowest BCUT2D eigenvalue weighted by molar-refractivity contribution is -0.117. The summed E-state index contributed by atoms with van der Waals surface area (Å²) in [5, 5.41) is 14.7. The van der Waals surface area contributed by atoms with Gasteiger partial charge in [0.25, 0.3) is 0 Å². The molecule has 8 nitrogen and oxygen atoms in total. The zero-order valence-corrected chi connectivity index (χ0v) is 19.1. The summed E-state index contributed by atoms with van der Waals surface area (Å²) in [5.74, 6) is 0.759. The number of benzene rings is 1. The van der Waals surface area contributed by atoms with Crippen LogP contribution >= 0.6 is 23.4 Å². The van der Waals surface area contributed by atoms with E-state index in [1.807, 2.05) is 22.8 Å². The van der Waals surface area contributed by atoms with E-state index in [1.165, 1.54) is 11.8 Å². The van der Waals surface area contributed by atoms with Gasteiger partial charge in [-0.15, -0.1) is 10.2 Å². The fraction of sp³-hybridized carbons (Fsp3) is 0.500. The summed E-state index contributed by atoms with van der Waals surface area (Å²) >= 11 is 7.54. The molecule has 0 unspecified atom stereocenters. The Balaban J connectivity index is 2.01. The van der Waals surface area contributed by atoms with Gasteiger partial charge in [-0.3, -0.25) is 10.1 Å². The van der Waals surface area contributed by atoms with Crippen molar-refractivity contribution in [3.63, 3.8) is 0 Å². The first-order chi connectivity index (χ1) is 14.4. The number of imide groups is 1. The van der Waals surface area contributed by atoms with Gasteiger partial charge >= 0.3 is 6.03 Å². The minimum atomic E-state index is -0.487. The topological polar surface area (TPSA) is 98.1 Å². The number of nitrogens with one attached hydrogen (secondary N) is 2. The third-order valence-electron chi connectivity index (χ3n) is 4.15. The molecule has 2 rings (SSSR count). The normalized spacial score (nSPS) is 11.0. The molecule has 3 amide bonds. The van der Waals surface area contributed by atoms with Crippen molar-refractivity contribution in [1.29, 1.82) is 0 Å². The third-order valence-corrected chi connectivity index (χ3v) is 5.45. The van der Waals surface area contributed by atoms with E-state index in [0.29, 0.717) is 41.6 Å².